The number of anilines is 1. The molecule has 1 aliphatic heterocycles. The van der Waals surface area contributed by atoms with Crippen LogP contribution in [0.5, 0.6) is 0 Å². The minimum Gasteiger partial charge on any atom is -0.339 e. The number of aromatic nitrogens is 2. The third-order valence-corrected chi connectivity index (χ3v) is 6.62. The zero-order chi connectivity index (χ0) is 22.6. The molecule has 1 saturated heterocycles. The first-order valence-corrected chi connectivity index (χ1v) is 11.1. The fourth-order valence-electron chi connectivity index (χ4n) is 3.62. The second-order valence-electron chi connectivity index (χ2n) is 7.59. The average molecular weight is 455 g/mol. The molecule has 1 N–H and O–H groups in total. The van der Waals surface area contributed by atoms with Gasteiger partial charge >= 0.3 is 6.18 Å². The van der Waals surface area contributed by atoms with Crippen LogP contribution in [0, 0.1) is 5.92 Å². The lowest BCUT2D eigenvalue weighted by molar-refractivity contribution is -0.137. The summed E-state index contributed by atoms with van der Waals surface area (Å²) in [7, 11) is 0. The van der Waals surface area contributed by atoms with Crippen LogP contribution in [0.15, 0.2) is 24.3 Å². The Morgan fingerprint density at radius 3 is 2.29 bits per heavy atom. The number of carbonyl (C=O) groups excluding carboxylic acids is 2. The third kappa shape index (κ3) is 5.61. The van der Waals surface area contributed by atoms with Gasteiger partial charge in [0.15, 0.2) is 0 Å². The quantitative estimate of drug-likeness (QED) is 0.670. The smallest absolute Gasteiger partial charge is 0.339 e. The predicted octanol–water partition coefficient (Wildman–Crippen LogP) is 4.95. The van der Waals surface area contributed by atoms with Gasteiger partial charge in [-0.3, -0.25) is 9.59 Å². The molecule has 168 valence electrons. The van der Waals surface area contributed by atoms with Gasteiger partial charge in [-0.05, 0) is 49.9 Å². The minimum absolute atomic E-state index is 0.145. The van der Waals surface area contributed by atoms with Crippen molar-refractivity contribution in [2.24, 2.45) is 5.92 Å². The largest absolute Gasteiger partial charge is 0.416 e. The third-order valence-electron chi connectivity index (χ3n) is 5.62. The first-order chi connectivity index (χ1) is 14.7. The van der Waals surface area contributed by atoms with Crippen molar-refractivity contribution in [1.29, 1.82) is 0 Å². The van der Waals surface area contributed by atoms with E-state index >= 15 is 0 Å². The maximum absolute atomic E-state index is 12.7. The highest BCUT2D eigenvalue weighted by Crippen LogP contribution is 2.30. The maximum atomic E-state index is 12.7. The van der Waals surface area contributed by atoms with E-state index in [0.29, 0.717) is 37.0 Å². The molecule has 31 heavy (non-hydrogen) atoms. The molecule has 0 bridgehead atoms. The molecule has 0 unspecified atom stereocenters. The van der Waals surface area contributed by atoms with E-state index in [1.807, 2.05) is 0 Å². The van der Waals surface area contributed by atoms with Crippen molar-refractivity contribution in [2.75, 3.05) is 18.4 Å². The molecule has 0 spiro atoms. The highest BCUT2D eigenvalue weighted by Gasteiger charge is 2.31. The molecule has 6 nitrogen and oxygen atoms in total. The second-order valence-corrected chi connectivity index (χ2v) is 8.60. The van der Waals surface area contributed by atoms with Gasteiger partial charge in [-0.15, -0.1) is 10.2 Å². The molecule has 1 aromatic carbocycles. The number of benzene rings is 1. The van der Waals surface area contributed by atoms with E-state index in [1.165, 1.54) is 23.5 Å². The number of carbonyl (C=O) groups is 2. The summed E-state index contributed by atoms with van der Waals surface area (Å²) in [6.45, 7) is 4.92. The number of likely N-dealkylation sites (tertiary alicyclic amines) is 1. The molecular weight excluding hydrogens is 429 g/mol. The summed E-state index contributed by atoms with van der Waals surface area (Å²) in [6, 6.07) is 4.20. The standard InChI is InChI=1S/C21H25F3N4O2S/c1-3-13(4-2)18-26-27-20(31-18)25-17(29)14-9-11-28(12-10-14)19(30)15-5-7-16(8-6-15)21(22,23)24/h5-8,13-14H,3-4,9-12H2,1-2H3,(H,25,27,29). The van der Waals surface area contributed by atoms with E-state index in [0.717, 1.165) is 30.0 Å². The monoisotopic (exact) mass is 454 g/mol. The number of nitrogens with one attached hydrogen (secondary N) is 1. The molecule has 0 saturated carbocycles. The molecule has 1 aromatic heterocycles. The lowest BCUT2D eigenvalue weighted by Gasteiger charge is -2.31. The Labute approximate surface area is 182 Å². The second kappa shape index (κ2) is 9.76. The Morgan fingerprint density at radius 2 is 1.74 bits per heavy atom. The van der Waals surface area contributed by atoms with Gasteiger partial charge < -0.3 is 10.2 Å². The highest BCUT2D eigenvalue weighted by molar-refractivity contribution is 7.15. The van der Waals surface area contributed by atoms with E-state index in [9.17, 15) is 22.8 Å². The van der Waals surface area contributed by atoms with E-state index in [4.69, 9.17) is 0 Å². The minimum atomic E-state index is -4.44. The van der Waals surface area contributed by atoms with Crippen molar-refractivity contribution in [2.45, 2.75) is 51.6 Å². The fraction of sp³-hybridized carbons (Fsp3) is 0.524. The lowest BCUT2D eigenvalue weighted by atomic mass is 9.95. The molecule has 10 heteroatoms. The van der Waals surface area contributed by atoms with Gasteiger partial charge in [0, 0.05) is 30.5 Å². The Morgan fingerprint density at radius 1 is 1.13 bits per heavy atom. The van der Waals surface area contributed by atoms with Crippen LogP contribution in [-0.2, 0) is 11.0 Å². The molecule has 0 aliphatic carbocycles. The topological polar surface area (TPSA) is 75.2 Å². The van der Waals surface area contributed by atoms with Crippen LogP contribution >= 0.6 is 11.3 Å². The number of alkyl halides is 3. The molecule has 0 atom stereocenters. The highest BCUT2D eigenvalue weighted by atomic mass is 32.1. The van der Waals surface area contributed by atoms with Crippen molar-refractivity contribution in [1.82, 2.24) is 15.1 Å². The summed E-state index contributed by atoms with van der Waals surface area (Å²) in [5.41, 5.74) is -0.581. The number of amides is 2. The summed E-state index contributed by atoms with van der Waals surface area (Å²) < 4.78 is 38.1. The Kier molecular flexibility index (Phi) is 7.30. The van der Waals surface area contributed by atoms with E-state index in [2.05, 4.69) is 29.4 Å². The predicted molar refractivity (Wildman–Crippen MR) is 112 cm³/mol. The Balaban J connectivity index is 1.53. The van der Waals surface area contributed by atoms with Crippen molar-refractivity contribution >= 4 is 28.3 Å². The van der Waals surface area contributed by atoms with E-state index in [1.54, 1.807) is 4.90 Å². The van der Waals surface area contributed by atoms with Crippen molar-refractivity contribution in [3.8, 4) is 0 Å². The first kappa shape index (κ1) is 23.2. The van der Waals surface area contributed by atoms with Crippen LogP contribution in [0.3, 0.4) is 0 Å². The van der Waals surface area contributed by atoms with Gasteiger partial charge in [-0.2, -0.15) is 13.2 Å². The summed E-state index contributed by atoms with van der Waals surface area (Å²) >= 11 is 1.39. The van der Waals surface area contributed by atoms with Crippen LogP contribution in [0.1, 0.15) is 66.4 Å². The number of hydrogen-bond donors (Lipinski definition) is 1. The van der Waals surface area contributed by atoms with Crippen molar-refractivity contribution < 1.29 is 22.8 Å². The van der Waals surface area contributed by atoms with Gasteiger partial charge in [-0.1, -0.05) is 25.2 Å². The van der Waals surface area contributed by atoms with Gasteiger partial charge in [0.2, 0.25) is 11.0 Å². The zero-order valence-electron chi connectivity index (χ0n) is 17.4. The number of nitrogens with zero attached hydrogens (tertiary/aromatic N) is 3. The van der Waals surface area contributed by atoms with E-state index in [-0.39, 0.29) is 23.3 Å². The summed E-state index contributed by atoms with van der Waals surface area (Å²) in [4.78, 5) is 26.7. The van der Waals surface area contributed by atoms with Crippen LogP contribution < -0.4 is 5.32 Å². The Bertz CT molecular complexity index is 902. The lowest BCUT2D eigenvalue weighted by Crippen LogP contribution is -2.41. The first-order valence-electron chi connectivity index (χ1n) is 10.3. The zero-order valence-corrected chi connectivity index (χ0v) is 18.2. The molecule has 2 aromatic rings. The van der Waals surface area contributed by atoms with Crippen molar-refractivity contribution in [3.05, 3.63) is 40.4 Å². The van der Waals surface area contributed by atoms with Crippen molar-refractivity contribution in [3.63, 3.8) is 0 Å². The molecule has 2 heterocycles. The van der Waals surface area contributed by atoms with Gasteiger partial charge in [0.25, 0.3) is 5.91 Å². The van der Waals surface area contributed by atoms with Crippen LogP contribution in [-0.4, -0.2) is 40.0 Å². The van der Waals surface area contributed by atoms with Crippen LogP contribution in [0.2, 0.25) is 0 Å². The molecular formula is C21H25F3N4O2S. The number of piperidine rings is 1. The SMILES string of the molecule is CCC(CC)c1nnc(NC(=O)C2CCN(C(=O)c3ccc(C(F)(F)F)cc3)CC2)s1. The maximum Gasteiger partial charge on any atom is 0.416 e. The number of rotatable bonds is 6. The number of halogens is 3. The summed E-state index contributed by atoms with van der Waals surface area (Å²) in [5, 5.41) is 12.5. The van der Waals surface area contributed by atoms with Crippen LogP contribution in [0.4, 0.5) is 18.3 Å². The molecule has 1 aliphatic rings. The van der Waals surface area contributed by atoms with Crippen LogP contribution in [0.25, 0.3) is 0 Å². The molecule has 1 fully saturated rings. The van der Waals surface area contributed by atoms with Gasteiger partial charge in [0.05, 0.1) is 5.56 Å². The average Bonchev–Trinajstić information content (AvgIpc) is 3.22. The molecule has 0 radical (unpaired) electrons. The molecule has 2 amide bonds. The fourth-order valence-corrected chi connectivity index (χ4v) is 4.64. The normalized spacial score (nSPS) is 15.4. The van der Waals surface area contributed by atoms with Gasteiger partial charge in [-0.25, -0.2) is 0 Å². The summed E-state index contributed by atoms with van der Waals surface area (Å²) in [6.07, 6.45) is -1.54. The molecule has 3 rings (SSSR count). The number of hydrogen-bond acceptors (Lipinski definition) is 5. The summed E-state index contributed by atoms with van der Waals surface area (Å²) in [5.74, 6) is -0.389. The van der Waals surface area contributed by atoms with Gasteiger partial charge in [0.1, 0.15) is 5.01 Å². The van der Waals surface area contributed by atoms with E-state index < -0.39 is 11.7 Å². The Hall–Kier alpha value is -2.49.